The molecule has 1 N–H and O–H groups in total. The molecular weight excluding hydrogens is 247 g/mol. The van der Waals surface area contributed by atoms with Gasteiger partial charge in [0.1, 0.15) is 0 Å². The van der Waals surface area contributed by atoms with Crippen LogP contribution in [0.4, 0.5) is 13.2 Å². The molecule has 1 aliphatic heterocycles. The highest BCUT2D eigenvalue weighted by atomic mass is 19.4. The van der Waals surface area contributed by atoms with E-state index in [2.05, 4.69) is 0 Å². The summed E-state index contributed by atoms with van der Waals surface area (Å²) < 4.78 is 38.8. The van der Waals surface area contributed by atoms with Crippen molar-refractivity contribution >= 4 is 5.97 Å². The van der Waals surface area contributed by atoms with Gasteiger partial charge in [0, 0.05) is 13.1 Å². The number of rotatable bonds is 3. The molecule has 6 heteroatoms. The van der Waals surface area contributed by atoms with Gasteiger partial charge in [0.15, 0.2) is 5.41 Å². The van der Waals surface area contributed by atoms with E-state index < -0.39 is 17.6 Å². The van der Waals surface area contributed by atoms with Crippen LogP contribution in [0.3, 0.4) is 0 Å². The molecular formula is C12H18F3NO2. The van der Waals surface area contributed by atoms with Gasteiger partial charge in [-0.25, -0.2) is 0 Å². The maximum atomic E-state index is 12.9. The lowest BCUT2D eigenvalue weighted by Crippen LogP contribution is -2.47. The first kappa shape index (κ1) is 13.6. The van der Waals surface area contributed by atoms with Gasteiger partial charge in [0.25, 0.3) is 0 Å². The Bertz CT molecular complexity index is 326. The van der Waals surface area contributed by atoms with E-state index in [1.807, 2.05) is 0 Å². The van der Waals surface area contributed by atoms with Gasteiger partial charge in [-0.3, -0.25) is 4.79 Å². The minimum atomic E-state index is -4.66. The first-order chi connectivity index (χ1) is 8.35. The van der Waals surface area contributed by atoms with E-state index in [4.69, 9.17) is 5.11 Å². The van der Waals surface area contributed by atoms with Crippen molar-refractivity contribution in [1.82, 2.24) is 4.90 Å². The third-order valence-corrected chi connectivity index (χ3v) is 4.29. The number of hydrogen-bond acceptors (Lipinski definition) is 2. The van der Waals surface area contributed by atoms with Gasteiger partial charge in [-0.15, -0.1) is 0 Å². The highest BCUT2D eigenvalue weighted by Gasteiger charge is 2.63. The molecule has 0 aromatic heterocycles. The van der Waals surface area contributed by atoms with Crippen molar-refractivity contribution < 1.29 is 23.1 Å². The van der Waals surface area contributed by atoms with Crippen LogP contribution in [0.5, 0.6) is 0 Å². The zero-order chi connectivity index (χ0) is 13.4. The van der Waals surface area contributed by atoms with Gasteiger partial charge in [0.05, 0.1) is 0 Å². The second-order valence-electron chi connectivity index (χ2n) is 5.52. The molecule has 3 nitrogen and oxygen atoms in total. The minimum Gasteiger partial charge on any atom is -0.481 e. The van der Waals surface area contributed by atoms with Crippen LogP contribution in [0.1, 0.15) is 32.1 Å². The Labute approximate surface area is 104 Å². The molecule has 1 aliphatic carbocycles. The van der Waals surface area contributed by atoms with Gasteiger partial charge < -0.3 is 10.0 Å². The van der Waals surface area contributed by atoms with Crippen LogP contribution in [0.15, 0.2) is 0 Å². The Morgan fingerprint density at radius 3 is 2.39 bits per heavy atom. The summed E-state index contributed by atoms with van der Waals surface area (Å²) in [5.41, 5.74) is -2.55. The van der Waals surface area contributed by atoms with E-state index >= 15 is 0 Å². The fourth-order valence-electron chi connectivity index (χ4n) is 3.13. The first-order valence-electron chi connectivity index (χ1n) is 6.38. The second-order valence-corrected chi connectivity index (χ2v) is 5.52. The number of aliphatic carboxylic acids is 1. The summed E-state index contributed by atoms with van der Waals surface area (Å²) >= 11 is 0. The van der Waals surface area contributed by atoms with Crippen molar-refractivity contribution in [2.75, 3.05) is 19.6 Å². The van der Waals surface area contributed by atoms with Crippen molar-refractivity contribution in [3.8, 4) is 0 Å². The molecule has 0 aromatic rings. The van der Waals surface area contributed by atoms with Crippen LogP contribution < -0.4 is 0 Å². The largest absolute Gasteiger partial charge is 0.481 e. The van der Waals surface area contributed by atoms with Crippen LogP contribution in [-0.2, 0) is 4.79 Å². The molecule has 2 rings (SSSR count). The maximum absolute atomic E-state index is 12.9. The number of carboxylic acids is 1. The molecule has 1 saturated carbocycles. The Balaban J connectivity index is 2.02. The summed E-state index contributed by atoms with van der Waals surface area (Å²) in [5, 5.41) is 8.93. The summed E-state index contributed by atoms with van der Waals surface area (Å²) in [7, 11) is 0. The number of alkyl halides is 3. The predicted molar refractivity (Wildman–Crippen MR) is 59.1 cm³/mol. The van der Waals surface area contributed by atoms with Crippen molar-refractivity contribution in [3.05, 3.63) is 0 Å². The quantitative estimate of drug-likeness (QED) is 0.852. The number of hydrogen-bond donors (Lipinski definition) is 1. The van der Waals surface area contributed by atoms with Gasteiger partial charge in [0.2, 0.25) is 0 Å². The molecule has 0 radical (unpaired) electrons. The normalized spacial score (nSPS) is 31.1. The molecule has 0 amide bonds. The van der Waals surface area contributed by atoms with Crippen LogP contribution >= 0.6 is 0 Å². The summed E-state index contributed by atoms with van der Waals surface area (Å²) in [5.74, 6) is -1.29. The molecule has 0 aromatic carbocycles. The van der Waals surface area contributed by atoms with Gasteiger partial charge in [-0.05, 0) is 31.7 Å². The molecule has 1 atom stereocenters. The Kier molecular flexibility index (Phi) is 3.58. The molecule has 2 fully saturated rings. The van der Waals surface area contributed by atoms with Crippen LogP contribution in [0.2, 0.25) is 0 Å². The lowest BCUT2D eigenvalue weighted by atomic mass is 9.86. The van der Waals surface area contributed by atoms with Crippen molar-refractivity contribution in [2.24, 2.45) is 11.3 Å². The van der Waals surface area contributed by atoms with Crippen molar-refractivity contribution in [1.29, 1.82) is 0 Å². The van der Waals surface area contributed by atoms with Gasteiger partial charge in [-0.2, -0.15) is 13.2 Å². The molecule has 1 saturated heterocycles. The zero-order valence-corrected chi connectivity index (χ0v) is 10.2. The molecule has 0 spiro atoms. The molecule has 18 heavy (non-hydrogen) atoms. The third kappa shape index (κ3) is 2.35. The van der Waals surface area contributed by atoms with Gasteiger partial charge >= 0.3 is 12.1 Å². The highest BCUT2D eigenvalue weighted by molar-refractivity contribution is 5.76. The van der Waals surface area contributed by atoms with E-state index in [0.717, 1.165) is 25.7 Å². The van der Waals surface area contributed by atoms with E-state index in [-0.39, 0.29) is 19.5 Å². The fourth-order valence-corrected chi connectivity index (χ4v) is 3.13. The standard InChI is InChI=1S/C12H18F3NO2/c13-12(14,15)11(10(17)18)5-6-16(8-11)7-9-3-1-2-4-9/h9H,1-8H2,(H,17,18). The summed E-state index contributed by atoms with van der Waals surface area (Å²) in [6, 6.07) is 0. The Hall–Kier alpha value is -0.780. The number of carbonyl (C=O) groups is 1. The molecule has 1 heterocycles. The average Bonchev–Trinajstić information content (AvgIpc) is 2.86. The van der Waals surface area contributed by atoms with E-state index in [1.165, 1.54) is 0 Å². The molecule has 104 valence electrons. The predicted octanol–water partition coefficient (Wildman–Crippen LogP) is 2.52. The fraction of sp³-hybridized carbons (Fsp3) is 0.917. The van der Waals surface area contributed by atoms with Crippen LogP contribution in [0.25, 0.3) is 0 Å². The topological polar surface area (TPSA) is 40.5 Å². The lowest BCUT2D eigenvalue weighted by molar-refractivity contribution is -0.227. The highest BCUT2D eigenvalue weighted by Crippen LogP contribution is 2.46. The summed E-state index contributed by atoms with van der Waals surface area (Å²) in [6.45, 7) is 0.468. The number of nitrogens with zero attached hydrogens (tertiary/aromatic N) is 1. The van der Waals surface area contributed by atoms with E-state index in [0.29, 0.717) is 12.5 Å². The van der Waals surface area contributed by atoms with Gasteiger partial charge in [-0.1, -0.05) is 12.8 Å². The summed E-state index contributed by atoms with van der Waals surface area (Å²) in [6.07, 6.45) is -0.587. The smallest absolute Gasteiger partial charge is 0.406 e. The third-order valence-electron chi connectivity index (χ3n) is 4.29. The Morgan fingerprint density at radius 2 is 1.94 bits per heavy atom. The van der Waals surface area contributed by atoms with Crippen LogP contribution in [-0.4, -0.2) is 41.8 Å². The van der Waals surface area contributed by atoms with E-state index in [9.17, 15) is 18.0 Å². The zero-order valence-electron chi connectivity index (χ0n) is 10.2. The molecule has 1 unspecified atom stereocenters. The molecule has 0 bridgehead atoms. The van der Waals surface area contributed by atoms with Crippen molar-refractivity contribution in [2.45, 2.75) is 38.3 Å². The first-order valence-corrected chi connectivity index (χ1v) is 6.38. The Morgan fingerprint density at radius 1 is 1.33 bits per heavy atom. The SMILES string of the molecule is O=C(O)C1(C(F)(F)F)CCN(CC2CCCC2)C1. The van der Waals surface area contributed by atoms with Crippen LogP contribution in [0, 0.1) is 11.3 Å². The number of halogens is 3. The second kappa shape index (κ2) is 4.72. The lowest BCUT2D eigenvalue weighted by Gasteiger charge is -2.28. The minimum absolute atomic E-state index is 0.238. The van der Waals surface area contributed by atoms with Crippen molar-refractivity contribution in [3.63, 3.8) is 0 Å². The van der Waals surface area contributed by atoms with E-state index in [1.54, 1.807) is 4.90 Å². The monoisotopic (exact) mass is 265 g/mol. The maximum Gasteiger partial charge on any atom is 0.406 e. The average molecular weight is 265 g/mol. The number of likely N-dealkylation sites (tertiary alicyclic amines) is 1. The number of carboxylic acid groups (broad SMARTS) is 1. The molecule has 2 aliphatic rings. The summed E-state index contributed by atoms with van der Waals surface area (Å²) in [4.78, 5) is 12.7.